The van der Waals surface area contributed by atoms with Gasteiger partial charge >= 0.3 is 7.32 Å². The van der Waals surface area contributed by atoms with Crippen LogP contribution in [0, 0.1) is 23.3 Å². The predicted octanol–water partition coefficient (Wildman–Crippen LogP) is 2.68. The third kappa shape index (κ3) is 3.02. The van der Waals surface area contributed by atoms with Crippen LogP contribution in [0.25, 0.3) is 0 Å². The summed E-state index contributed by atoms with van der Waals surface area (Å²) in [7, 11) is -2.28. The van der Waals surface area contributed by atoms with E-state index >= 15 is 0 Å². The number of rotatable bonds is 4. The SMILES string of the molecule is OB(Oc1c(F)cccc1F)Oc1c(F)cccc1F. The van der Waals surface area contributed by atoms with E-state index in [9.17, 15) is 22.6 Å². The van der Waals surface area contributed by atoms with Crippen LogP contribution in [0.5, 0.6) is 11.5 Å². The molecule has 0 radical (unpaired) electrons. The molecule has 2 aromatic carbocycles. The molecular weight excluding hydrogens is 279 g/mol. The average molecular weight is 286 g/mol. The minimum absolute atomic E-state index is 0.884. The Hall–Kier alpha value is -2.22. The van der Waals surface area contributed by atoms with Gasteiger partial charge in [0.15, 0.2) is 34.8 Å². The van der Waals surface area contributed by atoms with Crippen molar-refractivity contribution in [2.45, 2.75) is 0 Å². The van der Waals surface area contributed by atoms with E-state index in [4.69, 9.17) is 0 Å². The summed E-state index contributed by atoms with van der Waals surface area (Å²) in [5, 5.41) is 9.34. The molecule has 0 heterocycles. The largest absolute Gasteiger partial charge is 0.785 e. The second-order valence-electron chi connectivity index (χ2n) is 3.64. The van der Waals surface area contributed by atoms with Gasteiger partial charge in [0, 0.05) is 0 Å². The summed E-state index contributed by atoms with van der Waals surface area (Å²) in [4.78, 5) is 0. The summed E-state index contributed by atoms with van der Waals surface area (Å²) in [5.74, 6) is -6.22. The van der Waals surface area contributed by atoms with E-state index in [0.29, 0.717) is 0 Å². The molecule has 104 valence electrons. The van der Waals surface area contributed by atoms with Crippen molar-refractivity contribution < 1.29 is 31.9 Å². The first-order valence-electron chi connectivity index (χ1n) is 5.38. The average Bonchev–Trinajstić information content (AvgIpc) is 2.39. The maximum atomic E-state index is 13.2. The van der Waals surface area contributed by atoms with E-state index in [1.54, 1.807) is 0 Å². The molecule has 0 saturated carbocycles. The minimum Gasteiger partial charge on any atom is -0.496 e. The normalized spacial score (nSPS) is 10.2. The van der Waals surface area contributed by atoms with E-state index in [2.05, 4.69) is 9.31 Å². The summed E-state index contributed by atoms with van der Waals surface area (Å²) in [6, 6.07) is 5.70. The molecule has 20 heavy (non-hydrogen) atoms. The second kappa shape index (κ2) is 5.83. The lowest BCUT2D eigenvalue weighted by Crippen LogP contribution is -2.31. The Morgan fingerprint density at radius 1 is 0.700 bits per heavy atom. The van der Waals surface area contributed by atoms with Crippen LogP contribution in [-0.4, -0.2) is 12.3 Å². The second-order valence-corrected chi connectivity index (χ2v) is 3.64. The zero-order valence-corrected chi connectivity index (χ0v) is 9.82. The first-order chi connectivity index (χ1) is 9.49. The molecular formula is C12H7BF4O3. The highest BCUT2D eigenvalue weighted by atomic mass is 19.1. The van der Waals surface area contributed by atoms with Crippen LogP contribution < -0.4 is 9.31 Å². The number of halogens is 4. The molecule has 0 unspecified atom stereocenters. The van der Waals surface area contributed by atoms with Crippen molar-refractivity contribution in [3.05, 3.63) is 59.7 Å². The van der Waals surface area contributed by atoms with Gasteiger partial charge < -0.3 is 14.3 Å². The lowest BCUT2D eigenvalue weighted by Gasteiger charge is -2.13. The minimum atomic E-state index is -2.28. The molecule has 0 aliphatic carbocycles. The highest BCUT2D eigenvalue weighted by Crippen LogP contribution is 2.24. The molecule has 0 atom stereocenters. The van der Waals surface area contributed by atoms with Gasteiger partial charge in [-0.3, -0.25) is 0 Å². The molecule has 0 aliphatic rings. The molecule has 0 aliphatic heterocycles. The van der Waals surface area contributed by atoms with Crippen LogP contribution in [0.4, 0.5) is 17.6 Å². The first kappa shape index (κ1) is 14.2. The highest BCUT2D eigenvalue weighted by Gasteiger charge is 2.27. The Morgan fingerprint density at radius 3 is 1.30 bits per heavy atom. The molecule has 0 saturated heterocycles. The van der Waals surface area contributed by atoms with Crippen molar-refractivity contribution >= 4 is 7.32 Å². The molecule has 2 aromatic rings. The fraction of sp³-hybridized carbons (Fsp3) is 0. The Balaban J connectivity index is 2.15. The molecule has 8 heteroatoms. The monoisotopic (exact) mass is 286 g/mol. The van der Waals surface area contributed by atoms with Crippen LogP contribution in [0.15, 0.2) is 36.4 Å². The standard InChI is InChI=1S/C12H7BF4O3/c14-7-3-1-4-8(15)11(7)19-13(18)20-12-9(16)5-2-6-10(12)17/h1-6,18H. The molecule has 2 rings (SSSR count). The maximum absolute atomic E-state index is 13.2. The Kier molecular flexibility index (Phi) is 4.14. The van der Waals surface area contributed by atoms with Gasteiger partial charge in [0.1, 0.15) is 0 Å². The molecule has 0 fully saturated rings. The van der Waals surface area contributed by atoms with Gasteiger partial charge in [-0.15, -0.1) is 0 Å². The van der Waals surface area contributed by atoms with E-state index in [-0.39, 0.29) is 0 Å². The Morgan fingerprint density at radius 2 is 1.00 bits per heavy atom. The highest BCUT2D eigenvalue weighted by molar-refractivity contribution is 6.36. The van der Waals surface area contributed by atoms with Gasteiger partial charge in [0.25, 0.3) is 0 Å². The van der Waals surface area contributed by atoms with Crippen LogP contribution in [-0.2, 0) is 0 Å². The van der Waals surface area contributed by atoms with Gasteiger partial charge in [-0.25, -0.2) is 17.6 Å². The van der Waals surface area contributed by atoms with Gasteiger partial charge in [0.05, 0.1) is 0 Å². The van der Waals surface area contributed by atoms with E-state index < -0.39 is 42.1 Å². The zero-order chi connectivity index (χ0) is 14.7. The van der Waals surface area contributed by atoms with Crippen molar-refractivity contribution in [1.29, 1.82) is 0 Å². The van der Waals surface area contributed by atoms with Gasteiger partial charge in [0.2, 0.25) is 0 Å². The first-order valence-corrected chi connectivity index (χ1v) is 5.38. The number of hydrogen-bond acceptors (Lipinski definition) is 3. The van der Waals surface area contributed by atoms with Crippen LogP contribution in [0.2, 0.25) is 0 Å². The third-order valence-electron chi connectivity index (χ3n) is 2.28. The van der Waals surface area contributed by atoms with E-state index in [1.807, 2.05) is 0 Å². The van der Waals surface area contributed by atoms with Crippen molar-refractivity contribution in [3.8, 4) is 11.5 Å². The molecule has 0 aromatic heterocycles. The van der Waals surface area contributed by atoms with E-state index in [0.717, 1.165) is 36.4 Å². The number of benzene rings is 2. The molecule has 3 nitrogen and oxygen atoms in total. The van der Waals surface area contributed by atoms with Crippen LogP contribution in [0.1, 0.15) is 0 Å². The smallest absolute Gasteiger partial charge is 0.496 e. The Bertz CT molecular complexity index is 530. The molecule has 0 bridgehead atoms. The summed E-state index contributed by atoms with van der Waals surface area (Å²) < 4.78 is 61.8. The lowest BCUT2D eigenvalue weighted by atomic mass is 10.2. The van der Waals surface area contributed by atoms with Gasteiger partial charge in [-0.05, 0) is 24.3 Å². The number of hydrogen-bond donors (Lipinski definition) is 1. The fourth-order valence-electron chi connectivity index (χ4n) is 1.42. The predicted molar refractivity (Wildman–Crippen MR) is 61.9 cm³/mol. The summed E-state index contributed by atoms with van der Waals surface area (Å²) >= 11 is 0. The van der Waals surface area contributed by atoms with E-state index in [1.165, 1.54) is 0 Å². The maximum Gasteiger partial charge on any atom is 0.785 e. The van der Waals surface area contributed by atoms with Crippen molar-refractivity contribution in [2.24, 2.45) is 0 Å². The summed E-state index contributed by atoms with van der Waals surface area (Å²) in [5.41, 5.74) is 0. The number of para-hydroxylation sites is 2. The van der Waals surface area contributed by atoms with Crippen LogP contribution >= 0.6 is 0 Å². The van der Waals surface area contributed by atoms with Gasteiger partial charge in [-0.2, -0.15) is 0 Å². The third-order valence-corrected chi connectivity index (χ3v) is 2.28. The summed E-state index contributed by atoms with van der Waals surface area (Å²) in [6.07, 6.45) is 0. The fourth-order valence-corrected chi connectivity index (χ4v) is 1.42. The summed E-state index contributed by atoms with van der Waals surface area (Å²) in [6.45, 7) is 0. The quantitative estimate of drug-likeness (QED) is 0.693. The molecule has 0 spiro atoms. The van der Waals surface area contributed by atoms with Crippen molar-refractivity contribution in [1.82, 2.24) is 0 Å². The van der Waals surface area contributed by atoms with Crippen LogP contribution in [0.3, 0.4) is 0 Å². The topological polar surface area (TPSA) is 38.7 Å². The van der Waals surface area contributed by atoms with Gasteiger partial charge in [-0.1, -0.05) is 12.1 Å². The Labute approximate surface area is 111 Å². The van der Waals surface area contributed by atoms with Crippen molar-refractivity contribution in [2.75, 3.05) is 0 Å². The zero-order valence-electron chi connectivity index (χ0n) is 9.82. The molecule has 0 amide bonds. The lowest BCUT2D eigenvalue weighted by molar-refractivity contribution is 0.271. The molecule has 1 N–H and O–H groups in total. The van der Waals surface area contributed by atoms with Crippen molar-refractivity contribution in [3.63, 3.8) is 0 Å².